The third kappa shape index (κ3) is 3.41. The van der Waals surface area contributed by atoms with Gasteiger partial charge in [0, 0.05) is 10.9 Å². The van der Waals surface area contributed by atoms with Gasteiger partial charge in [-0.1, -0.05) is 22.0 Å². The zero-order valence-corrected chi connectivity index (χ0v) is 12.7. The second kappa shape index (κ2) is 5.82. The lowest BCUT2D eigenvalue weighted by Gasteiger charge is -2.27. The lowest BCUT2D eigenvalue weighted by molar-refractivity contribution is 0.0901. The maximum Gasteiger partial charge on any atom is 0.255 e. The highest BCUT2D eigenvalue weighted by molar-refractivity contribution is 9.09. The largest absolute Gasteiger partial charge is 0.486 e. The molecule has 0 fully saturated rings. The summed E-state index contributed by atoms with van der Waals surface area (Å²) in [7, 11) is 0. The summed E-state index contributed by atoms with van der Waals surface area (Å²) in [6.45, 7) is 4.99. The van der Waals surface area contributed by atoms with E-state index in [9.17, 15) is 4.79 Å². The van der Waals surface area contributed by atoms with Gasteiger partial charge in [0.25, 0.3) is 5.91 Å². The van der Waals surface area contributed by atoms with Crippen LogP contribution in [0.25, 0.3) is 0 Å². The first-order valence-corrected chi connectivity index (χ1v) is 7.43. The van der Waals surface area contributed by atoms with Gasteiger partial charge in [0.05, 0.1) is 5.56 Å². The van der Waals surface area contributed by atoms with Gasteiger partial charge in [-0.05, 0) is 32.4 Å². The van der Waals surface area contributed by atoms with Crippen molar-refractivity contribution in [1.82, 2.24) is 5.32 Å². The summed E-state index contributed by atoms with van der Waals surface area (Å²) in [5.41, 5.74) is 0.263. The molecule has 0 unspecified atom stereocenters. The maximum atomic E-state index is 12.3. The number of rotatable bonds is 4. The Kier molecular flexibility index (Phi) is 4.34. The Morgan fingerprint density at radius 3 is 2.84 bits per heavy atom. The highest BCUT2D eigenvalue weighted by atomic mass is 79.9. The molecule has 1 aliphatic rings. The second-order valence-electron chi connectivity index (χ2n) is 5.11. The Labute approximate surface area is 121 Å². The van der Waals surface area contributed by atoms with Crippen LogP contribution in [0.3, 0.4) is 0 Å². The standard InChI is InChI=1S/C14H18BrNO3/c1-14(2,6-7-15)16-13(17)10-4-3-5-11-12(10)19-9-8-18-11/h3-5H,6-9H2,1-2H3,(H,16,17). The van der Waals surface area contributed by atoms with E-state index in [4.69, 9.17) is 9.47 Å². The van der Waals surface area contributed by atoms with Crippen LogP contribution in [-0.4, -0.2) is 30.0 Å². The van der Waals surface area contributed by atoms with Gasteiger partial charge in [0.15, 0.2) is 11.5 Å². The van der Waals surface area contributed by atoms with Gasteiger partial charge >= 0.3 is 0 Å². The Bertz CT molecular complexity index is 474. The van der Waals surface area contributed by atoms with Crippen molar-refractivity contribution >= 4 is 21.8 Å². The minimum absolute atomic E-state index is 0.131. The highest BCUT2D eigenvalue weighted by Gasteiger charge is 2.25. The van der Waals surface area contributed by atoms with Gasteiger partial charge in [-0.15, -0.1) is 0 Å². The van der Waals surface area contributed by atoms with Crippen molar-refractivity contribution in [1.29, 1.82) is 0 Å². The average Bonchev–Trinajstić information content (AvgIpc) is 2.37. The summed E-state index contributed by atoms with van der Waals surface area (Å²) in [6, 6.07) is 5.38. The fourth-order valence-electron chi connectivity index (χ4n) is 1.93. The van der Waals surface area contributed by atoms with Crippen LogP contribution in [0.4, 0.5) is 0 Å². The van der Waals surface area contributed by atoms with Crippen LogP contribution in [0.2, 0.25) is 0 Å². The minimum Gasteiger partial charge on any atom is -0.486 e. The smallest absolute Gasteiger partial charge is 0.255 e. The fraction of sp³-hybridized carbons (Fsp3) is 0.500. The molecule has 1 amide bonds. The number of alkyl halides is 1. The predicted molar refractivity (Wildman–Crippen MR) is 77.4 cm³/mol. The molecule has 1 heterocycles. The molecule has 5 heteroatoms. The van der Waals surface area contributed by atoms with E-state index in [1.807, 2.05) is 19.9 Å². The second-order valence-corrected chi connectivity index (χ2v) is 5.90. The van der Waals surface area contributed by atoms with Crippen molar-refractivity contribution in [3.05, 3.63) is 23.8 Å². The van der Waals surface area contributed by atoms with Crippen molar-refractivity contribution in [3.8, 4) is 11.5 Å². The van der Waals surface area contributed by atoms with Gasteiger partial charge in [0.2, 0.25) is 0 Å². The topological polar surface area (TPSA) is 47.6 Å². The summed E-state index contributed by atoms with van der Waals surface area (Å²) in [4.78, 5) is 12.3. The molecule has 104 valence electrons. The number of amides is 1. The maximum absolute atomic E-state index is 12.3. The average molecular weight is 328 g/mol. The third-order valence-electron chi connectivity index (χ3n) is 2.98. The Hall–Kier alpha value is -1.23. The zero-order chi connectivity index (χ0) is 13.9. The van der Waals surface area contributed by atoms with Crippen molar-refractivity contribution in [3.63, 3.8) is 0 Å². The van der Waals surface area contributed by atoms with Gasteiger partial charge in [-0.25, -0.2) is 0 Å². The summed E-state index contributed by atoms with van der Waals surface area (Å²) in [6.07, 6.45) is 0.852. The number of carbonyl (C=O) groups is 1. The summed E-state index contributed by atoms with van der Waals surface area (Å²) >= 11 is 3.40. The number of fused-ring (bicyclic) bond motifs is 1. The van der Waals surface area contributed by atoms with Crippen LogP contribution in [0.5, 0.6) is 11.5 Å². The van der Waals surface area contributed by atoms with Crippen LogP contribution < -0.4 is 14.8 Å². The third-order valence-corrected chi connectivity index (χ3v) is 3.38. The number of para-hydroxylation sites is 1. The summed E-state index contributed by atoms with van der Waals surface area (Å²) < 4.78 is 11.0. The molecular weight excluding hydrogens is 310 g/mol. The molecule has 0 aromatic heterocycles. The first-order chi connectivity index (χ1) is 9.03. The van der Waals surface area contributed by atoms with Crippen molar-refractivity contribution in [2.45, 2.75) is 25.8 Å². The zero-order valence-electron chi connectivity index (χ0n) is 11.2. The number of benzene rings is 1. The van der Waals surface area contributed by atoms with E-state index in [0.717, 1.165) is 11.8 Å². The molecule has 19 heavy (non-hydrogen) atoms. The molecule has 1 aromatic rings. The summed E-state index contributed by atoms with van der Waals surface area (Å²) in [5.74, 6) is 1.05. The highest BCUT2D eigenvalue weighted by Crippen LogP contribution is 2.33. The van der Waals surface area contributed by atoms with E-state index in [1.54, 1.807) is 12.1 Å². The van der Waals surface area contributed by atoms with Gasteiger partial charge in [0.1, 0.15) is 13.2 Å². The van der Waals surface area contributed by atoms with Gasteiger partial charge in [-0.2, -0.15) is 0 Å². The summed E-state index contributed by atoms with van der Waals surface area (Å²) in [5, 5.41) is 3.86. The number of hydrogen-bond donors (Lipinski definition) is 1. The molecule has 0 bridgehead atoms. The molecule has 1 N–H and O–H groups in total. The van der Waals surface area contributed by atoms with E-state index in [0.29, 0.717) is 30.3 Å². The molecule has 1 aliphatic heterocycles. The Balaban J connectivity index is 2.20. The van der Waals surface area contributed by atoms with Crippen LogP contribution in [0, 0.1) is 0 Å². The quantitative estimate of drug-likeness (QED) is 0.865. The lowest BCUT2D eigenvalue weighted by Crippen LogP contribution is -2.43. The molecule has 0 saturated carbocycles. The van der Waals surface area contributed by atoms with Gasteiger partial charge < -0.3 is 14.8 Å². The van der Waals surface area contributed by atoms with Crippen molar-refractivity contribution in [2.75, 3.05) is 18.5 Å². The molecule has 1 aromatic carbocycles. The molecular formula is C14H18BrNO3. The molecule has 0 spiro atoms. The van der Waals surface area contributed by atoms with E-state index in [1.165, 1.54) is 0 Å². The van der Waals surface area contributed by atoms with E-state index >= 15 is 0 Å². The SMILES string of the molecule is CC(C)(CCBr)NC(=O)c1cccc2c1OCCO2. The van der Waals surface area contributed by atoms with Crippen molar-refractivity contribution < 1.29 is 14.3 Å². The molecule has 0 atom stereocenters. The fourth-order valence-corrected chi connectivity index (χ4v) is 2.92. The molecule has 0 radical (unpaired) electrons. The monoisotopic (exact) mass is 327 g/mol. The number of carbonyl (C=O) groups excluding carboxylic acids is 1. The predicted octanol–water partition coefficient (Wildman–Crippen LogP) is 2.75. The minimum atomic E-state index is -0.265. The van der Waals surface area contributed by atoms with Gasteiger partial charge in [-0.3, -0.25) is 4.79 Å². The van der Waals surface area contributed by atoms with E-state index in [2.05, 4.69) is 21.2 Å². The molecule has 4 nitrogen and oxygen atoms in total. The molecule has 2 rings (SSSR count). The number of nitrogens with one attached hydrogen (secondary N) is 1. The lowest BCUT2D eigenvalue weighted by atomic mass is 10.0. The molecule has 0 saturated heterocycles. The first-order valence-electron chi connectivity index (χ1n) is 6.30. The van der Waals surface area contributed by atoms with Crippen LogP contribution in [-0.2, 0) is 0 Å². The van der Waals surface area contributed by atoms with Crippen LogP contribution in [0.1, 0.15) is 30.6 Å². The van der Waals surface area contributed by atoms with Crippen molar-refractivity contribution in [2.24, 2.45) is 0 Å². The Morgan fingerprint density at radius 1 is 1.37 bits per heavy atom. The number of halogens is 1. The van der Waals surface area contributed by atoms with E-state index in [-0.39, 0.29) is 11.4 Å². The van der Waals surface area contributed by atoms with Crippen LogP contribution in [0.15, 0.2) is 18.2 Å². The molecule has 0 aliphatic carbocycles. The normalized spacial score (nSPS) is 14.1. The van der Waals surface area contributed by atoms with E-state index < -0.39 is 0 Å². The number of ether oxygens (including phenoxy) is 2. The number of hydrogen-bond acceptors (Lipinski definition) is 3. The van der Waals surface area contributed by atoms with Crippen LogP contribution >= 0.6 is 15.9 Å². The Morgan fingerprint density at radius 2 is 2.11 bits per heavy atom. The first kappa shape index (κ1) is 14.2.